The van der Waals surface area contributed by atoms with Crippen LogP contribution in [0.25, 0.3) is 0 Å². The van der Waals surface area contributed by atoms with E-state index in [0.29, 0.717) is 0 Å². The molecular formula is C10H18N2. The topological polar surface area (TPSA) is 27.8 Å². The van der Waals surface area contributed by atoms with Crippen LogP contribution in [0.3, 0.4) is 0 Å². The molecule has 2 N–H and O–H groups in total. The van der Waals surface area contributed by atoms with Crippen LogP contribution >= 0.6 is 0 Å². The van der Waals surface area contributed by atoms with Crippen LogP contribution in [-0.4, -0.2) is 12.0 Å². The van der Waals surface area contributed by atoms with Crippen LogP contribution in [0.15, 0.2) is 12.1 Å². The molecule has 0 amide bonds. The zero-order valence-corrected chi connectivity index (χ0v) is 8.15. The molecule has 12 heavy (non-hydrogen) atoms. The van der Waals surface area contributed by atoms with Gasteiger partial charge in [0.15, 0.2) is 0 Å². The van der Waals surface area contributed by atoms with Crippen LogP contribution < -0.4 is 5.32 Å². The normalized spacial score (nSPS) is 11.0. The third-order valence-electron chi connectivity index (χ3n) is 1.80. The van der Waals surface area contributed by atoms with Gasteiger partial charge >= 0.3 is 0 Å². The molecule has 0 unspecified atom stereocenters. The number of H-pyrrole nitrogens is 1. The second-order valence-electron chi connectivity index (χ2n) is 3.64. The quantitative estimate of drug-likeness (QED) is 0.703. The minimum atomic E-state index is 0.728. The lowest BCUT2D eigenvalue weighted by Crippen LogP contribution is -2.05. The summed E-state index contributed by atoms with van der Waals surface area (Å²) >= 11 is 0. The Hall–Kier alpha value is -0.760. The maximum absolute atomic E-state index is 3.38. The lowest BCUT2D eigenvalue weighted by Gasteiger charge is -2.01. The Morgan fingerprint density at radius 2 is 2.00 bits per heavy atom. The second kappa shape index (κ2) is 4.31. The average Bonchev–Trinajstić information content (AvgIpc) is 2.36. The minimum absolute atomic E-state index is 0.728. The van der Waals surface area contributed by atoms with E-state index in [1.807, 2.05) is 7.05 Å². The molecule has 1 heterocycles. The smallest absolute Gasteiger partial charge is 0.0354 e. The van der Waals surface area contributed by atoms with Gasteiger partial charge in [-0.25, -0.2) is 0 Å². The van der Waals surface area contributed by atoms with E-state index in [1.165, 1.54) is 11.4 Å². The van der Waals surface area contributed by atoms with Crippen LogP contribution in [-0.2, 0) is 13.0 Å². The first-order chi connectivity index (χ1) is 5.72. The lowest BCUT2D eigenvalue weighted by atomic mass is 10.1. The number of hydrogen-bond acceptors (Lipinski definition) is 1. The standard InChI is InChI=1S/C10H18N2/c1-8(2)6-9-4-5-10(12-9)7-11-3/h4-5,8,11-12H,6-7H2,1-3H3. The van der Waals surface area contributed by atoms with Gasteiger partial charge in [-0.05, 0) is 31.5 Å². The highest BCUT2D eigenvalue weighted by molar-refractivity contribution is 5.13. The van der Waals surface area contributed by atoms with Gasteiger partial charge in [0.2, 0.25) is 0 Å². The Bertz CT molecular complexity index is 225. The van der Waals surface area contributed by atoms with Gasteiger partial charge < -0.3 is 10.3 Å². The molecule has 2 nitrogen and oxygen atoms in total. The maximum Gasteiger partial charge on any atom is 0.0354 e. The molecule has 68 valence electrons. The van der Waals surface area contributed by atoms with Crippen molar-refractivity contribution in [2.75, 3.05) is 7.05 Å². The Labute approximate surface area is 74.4 Å². The SMILES string of the molecule is CNCc1ccc(CC(C)C)[nH]1. The highest BCUT2D eigenvalue weighted by Gasteiger charge is 1.99. The summed E-state index contributed by atoms with van der Waals surface area (Å²) < 4.78 is 0. The molecule has 0 aromatic carbocycles. The van der Waals surface area contributed by atoms with Gasteiger partial charge in [-0.1, -0.05) is 13.8 Å². The predicted octanol–water partition coefficient (Wildman–Crippen LogP) is 1.93. The molecule has 2 heteroatoms. The van der Waals surface area contributed by atoms with Gasteiger partial charge in [0.05, 0.1) is 0 Å². The summed E-state index contributed by atoms with van der Waals surface area (Å²) in [5.74, 6) is 0.728. The first-order valence-electron chi connectivity index (χ1n) is 4.53. The fraction of sp³-hybridized carbons (Fsp3) is 0.600. The molecule has 1 aromatic rings. The molecule has 0 radical (unpaired) electrons. The van der Waals surface area contributed by atoms with Crippen molar-refractivity contribution in [3.05, 3.63) is 23.5 Å². The van der Waals surface area contributed by atoms with E-state index in [2.05, 4.69) is 36.3 Å². The molecule has 0 spiro atoms. The Morgan fingerprint density at radius 1 is 1.33 bits per heavy atom. The Morgan fingerprint density at radius 3 is 2.58 bits per heavy atom. The largest absolute Gasteiger partial charge is 0.361 e. The third kappa shape index (κ3) is 2.70. The molecule has 0 aliphatic heterocycles. The van der Waals surface area contributed by atoms with Gasteiger partial charge in [0.25, 0.3) is 0 Å². The van der Waals surface area contributed by atoms with E-state index in [4.69, 9.17) is 0 Å². The van der Waals surface area contributed by atoms with E-state index in [0.717, 1.165) is 18.9 Å². The summed E-state index contributed by atoms with van der Waals surface area (Å²) in [5, 5.41) is 3.12. The van der Waals surface area contributed by atoms with Crippen molar-refractivity contribution in [1.29, 1.82) is 0 Å². The first kappa shape index (κ1) is 9.33. The van der Waals surface area contributed by atoms with Gasteiger partial charge in [-0.3, -0.25) is 0 Å². The first-order valence-corrected chi connectivity index (χ1v) is 4.53. The number of nitrogens with one attached hydrogen (secondary N) is 2. The molecule has 0 atom stereocenters. The van der Waals surface area contributed by atoms with Crippen molar-refractivity contribution in [3.63, 3.8) is 0 Å². The lowest BCUT2D eigenvalue weighted by molar-refractivity contribution is 0.635. The predicted molar refractivity (Wildman–Crippen MR) is 52.1 cm³/mol. The number of aromatic nitrogens is 1. The molecule has 1 rings (SSSR count). The molecule has 0 saturated carbocycles. The van der Waals surface area contributed by atoms with Crippen LogP contribution in [0.4, 0.5) is 0 Å². The van der Waals surface area contributed by atoms with Crippen LogP contribution in [0, 0.1) is 5.92 Å². The van der Waals surface area contributed by atoms with E-state index < -0.39 is 0 Å². The summed E-state index contributed by atoms with van der Waals surface area (Å²) in [6.45, 7) is 5.40. The fourth-order valence-electron chi connectivity index (χ4n) is 1.34. The molecule has 1 aromatic heterocycles. The number of hydrogen-bond donors (Lipinski definition) is 2. The van der Waals surface area contributed by atoms with E-state index in [-0.39, 0.29) is 0 Å². The van der Waals surface area contributed by atoms with Gasteiger partial charge in [0, 0.05) is 17.9 Å². The van der Waals surface area contributed by atoms with Crippen molar-refractivity contribution in [2.24, 2.45) is 5.92 Å². The second-order valence-corrected chi connectivity index (χ2v) is 3.64. The summed E-state index contributed by atoms with van der Waals surface area (Å²) in [6.07, 6.45) is 1.14. The van der Waals surface area contributed by atoms with E-state index in [1.54, 1.807) is 0 Å². The molecule has 0 aliphatic rings. The number of aromatic amines is 1. The molecular weight excluding hydrogens is 148 g/mol. The third-order valence-corrected chi connectivity index (χ3v) is 1.80. The average molecular weight is 166 g/mol. The monoisotopic (exact) mass is 166 g/mol. The molecule has 0 bridgehead atoms. The van der Waals surface area contributed by atoms with Crippen molar-refractivity contribution >= 4 is 0 Å². The van der Waals surface area contributed by atoms with E-state index >= 15 is 0 Å². The van der Waals surface area contributed by atoms with Crippen LogP contribution in [0.2, 0.25) is 0 Å². The maximum atomic E-state index is 3.38. The van der Waals surface area contributed by atoms with Crippen LogP contribution in [0.1, 0.15) is 25.2 Å². The molecule has 0 fully saturated rings. The summed E-state index contributed by atoms with van der Waals surface area (Å²) in [7, 11) is 1.96. The van der Waals surface area contributed by atoms with Gasteiger partial charge in [-0.2, -0.15) is 0 Å². The van der Waals surface area contributed by atoms with Crippen molar-refractivity contribution in [3.8, 4) is 0 Å². The van der Waals surface area contributed by atoms with Crippen LogP contribution in [0.5, 0.6) is 0 Å². The summed E-state index contributed by atoms with van der Waals surface area (Å²) in [6, 6.07) is 4.32. The van der Waals surface area contributed by atoms with Gasteiger partial charge in [0.1, 0.15) is 0 Å². The zero-order valence-electron chi connectivity index (χ0n) is 8.15. The highest BCUT2D eigenvalue weighted by Crippen LogP contribution is 2.07. The van der Waals surface area contributed by atoms with Gasteiger partial charge in [-0.15, -0.1) is 0 Å². The van der Waals surface area contributed by atoms with Crippen molar-refractivity contribution < 1.29 is 0 Å². The Balaban J connectivity index is 2.52. The van der Waals surface area contributed by atoms with Crippen molar-refractivity contribution in [1.82, 2.24) is 10.3 Å². The zero-order chi connectivity index (χ0) is 8.97. The minimum Gasteiger partial charge on any atom is -0.361 e. The molecule has 0 saturated heterocycles. The molecule has 0 aliphatic carbocycles. The fourth-order valence-corrected chi connectivity index (χ4v) is 1.34. The Kier molecular flexibility index (Phi) is 3.35. The van der Waals surface area contributed by atoms with Crippen molar-refractivity contribution in [2.45, 2.75) is 26.8 Å². The number of rotatable bonds is 4. The summed E-state index contributed by atoms with van der Waals surface area (Å²) in [4.78, 5) is 3.38. The van der Waals surface area contributed by atoms with E-state index in [9.17, 15) is 0 Å². The summed E-state index contributed by atoms with van der Waals surface area (Å²) in [5.41, 5.74) is 2.61. The highest BCUT2D eigenvalue weighted by atomic mass is 14.9.